The average molecular weight is 381 g/mol. The van der Waals surface area contributed by atoms with Crippen molar-refractivity contribution in [3.63, 3.8) is 0 Å². The average Bonchev–Trinajstić information content (AvgIpc) is 2.88. The first-order valence-corrected chi connectivity index (χ1v) is 8.92. The molecule has 0 radical (unpaired) electrons. The summed E-state index contributed by atoms with van der Waals surface area (Å²) in [7, 11) is 0. The van der Waals surface area contributed by atoms with E-state index in [1.165, 1.54) is 39.8 Å². The molecule has 1 aromatic heterocycles. The molecule has 22 heavy (non-hydrogen) atoms. The third-order valence-electron chi connectivity index (χ3n) is 3.17. The van der Waals surface area contributed by atoms with Crippen LogP contribution in [0.4, 0.5) is 0 Å². The van der Waals surface area contributed by atoms with Gasteiger partial charge in [0, 0.05) is 11.5 Å². The number of carboxylic acids is 1. The second-order valence-corrected chi connectivity index (χ2v) is 8.08. The van der Waals surface area contributed by atoms with Gasteiger partial charge >= 0.3 is 5.97 Å². The molecule has 0 aromatic carbocycles. The number of aromatic nitrogens is 2. The second kappa shape index (κ2) is 6.75. The van der Waals surface area contributed by atoms with Gasteiger partial charge in [0.05, 0.1) is 0 Å². The Hall–Kier alpha value is -0.810. The molecule has 1 amide bonds. The van der Waals surface area contributed by atoms with E-state index >= 15 is 0 Å². The quantitative estimate of drug-likeness (QED) is 0.586. The summed E-state index contributed by atoms with van der Waals surface area (Å²) in [6.45, 7) is 1.87. The van der Waals surface area contributed by atoms with Crippen molar-refractivity contribution in [2.24, 2.45) is 5.73 Å². The molecule has 120 valence electrons. The van der Waals surface area contributed by atoms with Crippen molar-refractivity contribution in [2.75, 3.05) is 11.5 Å². The van der Waals surface area contributed by atoms with Crippen LogP contribution in [-0.2, 0) is 9.59 Å². The van der Waals surface area contributed by atoms with Crippen LogP contribution in [0, 0.1) is 6.92 Å². The lowest BCUT2D eigenvalue weighted by Gasteiger charge is -2.48. The Morgan fingerprint density at radius 3 is 2.86 bits per heavy atom. The number of fused-ring (bicyclic) bond motifs is 1. The van der Waals surface area contributed by atoms with Crippen molar-refractivity contribution in [1.29, 1.82) is 0 Å². The molecule has 2 aliphatic rings. The van der Waals surface area contributed by atoms with Gasteiger partial charge in [-0.1, -0.05) is 23.1 Å². The third-order valence-corrected chi connectivity index (χ3v) is 6.59. The summed E-state index contributed by atoms with van der Waals surface area (Å²) in [5.74, 6) is -0.354. The molecular weight excluding hydrogens is 368 g/mol. The van der Waals surface area contributed by atoms with Crippen LogP contribution in [0.3, 0.4) is 0 Å². The van der Waals surface area contributed by atoms with Gasteiger partial charge < -0.3 is 10.8 Å². The van der Waals surface area contributed by atoms with Crippen LogP contribution in [-0.4, -0.2) is 55.0 Å². The molecular formula is C11H13ClN4O3S3. The lowest BCUT2D eigenvalue weighted by molar-refractivity contribution is -0.147. The van der Waals surface area contributed by atoms with Crippen LogP contribution in [0.2, 0.25) is 0 Å². The Bertz CT molecular complexity index is 650. The van der Waals surface area contributed by atoms with Crippen LogP contribution in [0.25, 0.3) is 0 Å². The first-order valence-electron chi connectivity index (χ1n) is 6.07. The maximum Gasteiger partial charge on any atom is 0.352 e. The molecule has 2 aliphatic heterocycles. The van der Waals surface area contributed by atoms with Crippen LogP contribution >= 0.6 is 47.3 Å². The Balaban J connectivity index is 0.00000176. The fraction of sp³-hybridized carbons (Fsp3) is 0.455. The van der Waals surface area contributed by atoms with Gasteiger partial charge in [-0.15, -0.1) is 34.4 Å². The lowest BCUT2D eigenvalue weighted by Crippen LogP contribution is -2.68. The molecule has 3 heterocycles. The van der Waals surface area contributed by atoms with Crippen molar-refractivity contribution in [3.05, 3.63) is 16.3 Å². The molecule has 0 saturated carbocycles. The van der Waals surface area contributed by atoms with Crippen LogP contribution in [0.15, 0.2) is 15.6 Å². The molecule has 0 bridgehead atoms. The number of nitrogens with two attached hydrogens (primary N) is 1. The van der Waals surface area contributed by atoms with E-state index < -0.39 is 12.0 Å². The highest BCUT2D eigenvalue weighted by atomic mass is 35.5. The summed E-state index contributed by atoms with van der Waals surface area (Å²) < 4.78 is 0.795. The predicted molar refractivity (Wildman–Crippen MR) is 88.3 cm³/mol. The fourth-order valence-electron chi connectivity index (χ4n) is 2.18. The summed E-state index contributed by atoms with van der Waals surface area (Å²) in [6, 6.07) is -0.593. The summed E-state index contributed by atoms with van der Waals surface area (Å²) in [6.07, 6.45) is 0. The molecule has 1 saturated heterocycles. The maximum atomic E-state index is 11.8. The molecule has 3 rings (SSSR count). The van der Waals surface area contributed by atoms with E-state index in [-0.39, 0.29) is 29.4 Å². The van der Waals surface area contributed by atoms with Gasteiger partial charge in [-0.2, -0.15) is 0 Å². The SMILES string of the molecule is Cc1nnc(SCC2=C(C(=O)O)N3C(=O)[C@@H](N)[C@H]3SC2)s1.Cl. The largest absolute Gasteiger partial charge is 0.477 e. The summed E-state index contributed by atoms with van der Waals surface area (Å²) >= 11 is 4.41. The first kappa shape index (κ1) is 17.5. The van der Waals surface area contributed by atoms with Crippen molar-refractivity contribution in [1.82, 2.24) is 15.1 Å². The normalized spacial score (nSPS) is 23.7. The number of carboxylic acid groups (broad SMARTS) is 1. The van der Waals surface area contributed by atoms with E-state index in [1.54, 1.807) is 0 Å². The smallest absolute Gasteiger partial charge is 0.352 e. The molecule has 1 fully saturated rings. The van der Waals surface area contributed by atoms with Crippen LogP contribution in [0.1, 0.15) is 5.01 Å². The van der Waals surface area contributed by atoms with Gasteiger partial charge in [0.1, 0.15) is 22.1 Å². The van der Waals surface area contributed by atoms with Crippen LogP contribution in [0.5, 0.6) is 0 Å². The van der Waals surface area contributed by atoms with Gasteiger partial charge in [-0.05, 0) is 12.5 Å². The van der Waals surface area contributed by atoms with E-state index in [2.05, 4.69) is 10.2 Å². The zero-order valence-corrected chi connectivity index (χ0v) is 14.7. The monoisotopic (exact) mass is 380 g/mol. The van der Waals surface area contributed by atoms with E-state index in [0.717, 1.165) is 14.9 Å². The van der Waals surface area contributed by atoms with Gasteiger partial charge in [-0.3, -0.25) is 9.69 Å². The summed E-state index contributed by atoms with van der Waals surface area (Å²) in [5, 5.41) is 17.9. The zero-order chi connectivity index (χ0) is 15.1. The number of amides is 1. The molecule has 2 atom stereocenters. The summed E-state index contributed by atoms with van der Waals surface area (Å²) in [4.78, 5) is 24.6. The van der Waals surface area contributed by atoms with Gasteiger partial charge in [-0.25, -0.2) is 4.79 Å². The second-order valence-electron chi connectivity index (χ2n) is 4.57. The summed E-state index contributed by atoms with van der Waals surface area (Å²) in [5.41, 5.74) is 6.51. The number of carbonyl (C=O) groups is 2. The zero-order valence-electron chi connectivity index (χ0n) is 11.4. The molecule has 0 unspecified atom stereocenters. The lowest BCUT2D eigenvalue weighted by atomic mass is 10.0. The minimum absolute atomic E-state index is 0. The topological polar surface area (TPSA) is 109 Å². The maximum absolute atomic E-state index is 11.8. The molecule has 0 spiro atoms. The number of rotatable bonds is 4. The minimum Gasteiger partial charge on any atom is -0.477 e. The first-order chi connectivity index (χ1) is 9.99. The Morgan fingerprint density at radius 2 is 2.27 bits per heavy atom. The third kappa shape index (κ3) is 2.98. The van der Waals surface area contributed by atoms with E-state index in [1.807, 2.05) is 6.92 Å². The van der Waals surface area contributed by atoms with E-state index in [9.17, 15) is 14.7 Å². The Kier molecular flexibility index (Phi) is 5.38. The Labute approximate surface area is 145 Å². The van der Waals surface area contributed by atoms with Gasteiger partial charge in [0.25, 0.3) is 0 Å². The highest BCUT2D eigenvalue weighted by Crippen LogP contribution is 2.40. The molecule has 0 aliphatic carbocycles. The van der Waals surface area contributed by atoms with E-state index in [4.69, 9.17) is 5.73 Å². The molecule has 3 N–H and O–H groups in total. The van der Waals surface area contributed by atoms with Crippen molar-refractivity contribution in [2.45, 2.75) is 22.7 Å². The molecule has 11 heteroatoms. The number of nitrogens with zero attached hydrogens (tertiary/aromatic N) is 3. The molecule has 7 nitrogen and oxygen atoms in total. The van der Waals surface area contributed by atoms with Crippen LogP contribution < -0.4 is 5.73 Å². The Morgan fingerprint density at radius 1 is 1.55 bits per heavy atom. The van der Waals surface area contributed by atoms with Crippen molar-refractivity contribution in [3.8, 4) is 0 Å². The number of hydrogen-bond acceptors (Lipinski definition) is 8. The van der Waals surface area contributed by atoms with E-state index in [0.29, 0.717) is 11.5 Å². The number of aliphatic carboxylic acids is 1. The number of aryl methyl sites for hydroxylation is 1. The number of hydrogen-bond donors (Lipinski definition) is 2. The predicted octanol–water partition coefficient (Wildman–Crippen LogP) is 0.942. The molecule has 1 aromatic rings. The van der Waals surface area contributed by atoms with Gasteiger partial charge in [0.15, 0.2) is 4.34 Å². The number of carbonyl (C=O) groups excluding carboxylic acids is 1. The number of thioether (sulfide) groups is 2. The fourth-order valence-corrected chi connectivity index (χ4v) is 5.42. The van der Waals surface area contributed by atoms with Crippen molar-refractivity contribution < 1.29 is 14.7 Å². The number of halogens is 1. The highest BCUT2D eigenvalue weighted by Gasteiger charge is 2.51. The van der Waals surface area contributed by atoms with Gasteiger partial charge in [0.2, 0.25) is 5.91 Å². The minimum atomic E-state index is -1.08. The standard InChI is InChI=1S/C11H12N4O3S3.ClH/c1-4-13-14-11(21-4)20-3-5-2-19-9-6(12)8(16)15(9)7(5)10(17)18;/h6,9H,2-3,12H2,1H3,(H,17,18);1H/t6-,9-;/m1./s1. The van der Waals surface area contributed by atoms with Crippen molar-refractivity contribution >= 4 is 59.1 Å². The highest BCUT2D eigenvalue weighted by molar-refractivity contribution is 8.01. The number of β-lactam (4-membered cyclic amide) rings is 1.